The number of benzene rings is 1. The number of aryl methyl sites for hydroxylation is 1. The van der Waals surface area contributed by atoms with Crippen LogP contribution in [0.25, 0.3) is 0 Å². The van der Waals surface area contributed by atoms with Gasteiger partial charge in [-0.15, -0.1) is 0 Å². The van der Waals surface area contributed by atoms with Gasteiger partial charge in [0.2, 0.25) is 0 Å². The summed E-state index contributed by atoms with van der Waals surface area (Å²) in [4.78, 5) is 8.69. The van der Waals surface area contributed by atoms with Crippen LogP contribution in [-0.2, 0) is 21.0 Å². The Morgan fingerprint density at radius 3 is 2.83 bits per heavy atom. The summed E-state index contributed by atoms with van der Waals surface area (Å²) in [7, 11) is 0.262. The Kier molecular flexibility index (Phi) is 3.48. The first-order valence-electron chi connectivity index (χ1n) is 3.61. The van der Waals surface area contributed by atoms with Gasteiger partial charge in [-0.1, -0.05) is 0 Å². The molecule has 3 nitrogen and oxygen atoms in total. The monoisotopic (exact) mass is 164 g/mol. The van der Waals surface area contributed by atoms with Crippen molar-refractivity contribution in [3.05, 3.63) is 35.4 Å². The van der Waals surface area contributed by atoms with E-state index >= 15 is 0 Å². The molecule has 62 valence electrons. The van der Waals surface area contributed by atoms with Gasteiger partial charge in [-0.3, -0.25) is 0 Å². The number of hydrogen-bond donors (Lipinski definition) is 0. The van der Waals surface area contributed by atoms with E-state index < -0.39 is 0 Å². The third-order valence-corrected chi connectivity index (χ3v) is 1.58. The molecule has 0 heterocycles. The van der Waals surface area contributed by atoms with E-state index in [9.17, 15) is 4.70 Å². The molecular weight excluding hydrogens is 155 g/mol. The van der Waals surface area contributed by atoms with Crippen LogP contribution < -0.4 is 0 Å². The molecule has 4 heteroatoms. The molecule has 0 aromatic heterocycles. The Hall–Kier alpha value is -1.16. The summed E-state index contributed by atoms with van der Waals surface area (Å²) >= 11 is 0. The molecule has 0 spiro atoms. The zero-order valence-electron chi connectivity index (χ0n) is 6.82. The van der Waals surface area contributed by atoms with Gasteiger partial charge in [-0.25, -0.2) is 0 Å². The molecule has 0 radical (unpaired) electrons. The maximum atomic E-state index is 9.73. The first-order valence-corrected chi connectivity index (χ1v) is 3.61. The summed E-state index contributed by atoms with van der Waals surface area (Å²) in [5.74, 6) is 0. The Labute approximate surface area is 71.5 Å². The molecule has 0 unspecified atom stereocenters. The molecule has 0 saturated heterocycles. The van der Waals surface area contributed by atoms with Crippen molar-refractivity contribution in [2.75, 3.05) is 0 Å². The van der Waals surface area contributed by atoms with Crippen molar-refractivity contribution in [3.63, 3.8) is 0 Å². The topological polar surface area (TPSA) is 35.5 Å². The van der Waals surface area contributed by atoms with E-state index in [1.807, 2.05) is 31.2 Å². The van der Waals surface area contributed by atoms with Crippen molar-refractivity contribution in [2.24, 2.45) is 0 Å². The number of rotatable bonds is 4. The predicted octanol–water partition coefficient (Wildman–Crippen LogP) is 1.41. The summed E-state index contributed by atoms with van der Waals surface area (Å²) in [6.45, 7) is 2.27. The molecule has 1 aromatic carbocycles. The van der Waals surface area contributed by atoms with E-state index in [1.54, 1.807) is 0 Å². The van der Waals surface area contributed by atoms with Crippen molar-refractivity contribution < 1.29 is 14.4 Å². The average molecular weight is 164 g/mol. The summed E-state index contributed by atoms with van der Waals surface area (Å²) in [6, 6.07) is 7.75. The molecule has 12 heavy (non-hydrogen) atoms. The second-order valence-electron chi connectivity index (χ2n) is 2.38. The second kappa shape index (κ2) is 4.67. The van der Waals surface area contributed by atoms with Crippen LogP contribution >= 0.6 is 0 Å². The number of hydrogen-bond acceptors (Lipinski definition) is 3. The average Bonchev–Trinajstić information content (AvgIpc) is 2.09. The van der Waals surface area contributed by atoms with Crippen LogP contribution in [0.2, 0.25) is 0 Å². The van der Waals surface area contributed by atoms with Crippen LogP contribution in [-0.4, -0.2) is 7.35 Å². The summed E-state index contributed by atoms with van der Waals surface area (Å²) < 4.78 is 9.73. The van der Waals surface area contributed by atoms with Gasteiger partial charge in [-0.2, -0.15) is 0 Å². The van der Waals surface area contributed by atoms with Gasteiger partial charge >= 0.3 is 70.7 Å². The zero-order chi connectivity index (χ0) is 8.81. The Morgan fingerprint density at radius 1 is 1.42 bits per heavy atom. The van der Waals surface area contributed by atoms with Crippen molar-refractivity contribution >= 4 is 7.35 Å². The summed E-state index contributed by atoms with van der Waals surface area (Å²) in [6.07, 6.45) is 0. The van der Waals surface area contributed by atoms with Gasteiger partial charge in [0.05, 0.1) is 0 Å². The SMILES string of the molecule is Cc1ccccc1COOB=O. The maximum absolute atomic E-state index is 9.73. The molecule has 0 amide bonds. The Bertz CT molecular complexity index is 262. The first-order chi connectivity index (χ1) is 5.84. The quantitative estimate of drug-likeness (QED) is 0.292. The third kappa shape index (κ3) is 2.47. The van der Waals surface area contributed by atoms with Gasteiger partial charge in [0.15, 0.2) is 0 Å². The van der Waals surface area contributed by atoms with E-state index in [0.717, 1.165) is 11.1 Å². The molecule has 0 aliphatic carbocycles. The van der Waals surface area contributed by atoms with Gasteiger partial charge in [-0.05, 0) is 0 Å². The van der Waals surface area contributed by atoms with E-state index in [1.165, 1.54) is 0 Å². The molecule has 1 rings (SSSR count). The molecule has 0 fully saturated rings. The van der Waals surface area contributed by atoms with Crippen LogP contribution in [0.3, 0.4) is 0 Å². The Balaban J connectivity index is 2.51. The third-order valence-electron chi connectivity index (χ3n) is 1.58. The van der Waals surface area contributed by atoms with E-state index in [-0.39, 0.29) is 7.35 Å². The molecule has 0 aliphatic heterocycles. The standard InChI is InChI=1S/C8H9BO3/c1-7-4-2-3-5-8(7)6-11-12-9-10/h2-5H,6H2,1H3. The van der Waals surface area contributed by atoms with Crippen LogP contribution in [0.15, 0.2) is 24.3 Å². The fraction of sp³-hybridized carbons (Fsp3) is 0.250. The summed E-state index contributed by atoms with van der Waals surface area (Å²) in [5.41, 5.74) is 2.13. The molecule has 1 aromatic rings. The first kappa shape index (κ1) is 8.94. The van der Waals surface area contributed by atoms with Crippen LogP contribution in [0.5, 0.6) is 0 Å². The van der Waals surface area contributed by atoms with Crippen LogP contribution in [0.1, 0.15) is 11.1 Å². The zero-order valence-corrected chi connectivity index (χ0v) is 6.82. The second-order valence-corrected chi connectivity index (χ2v) is 2.38. The minimum atomic E-state index is 0.262. The predicted molar refractivity (Wildman–Crippen MR) is 43.5 cm³/mol. The van der Waals surface area contributed by atoms with Crippen LogP contribution in [0, 0.1) is 6.92 Å². The normalized spacial score (nSPS) is 9.08. The van der Waals surface area contributed by atoms with E-state index in [2.05, 4.69) is 9.69 Å². The van der Waals surface area contributed by atoms with Crippen molar-refractivity contribution in [1.82, 2.24) is 0 Å². The van der Waals surface area contributed by atoms with Gasteiger partial charge in [0.25, 0.3) is 0 Å². The summed E-state index contributed by atoms with van der Waals surface area (Å²) in [5, 5.41) is 0. The van der Waals surface area contributed by atoms with Crippen molar-refractivity contribution in [2.45, 2.75) is 13.5 Å². The fourth-order valence-corrected chi connectivity index (χ4v) is 0.897. The van der Waals surface area contributed by atoms with Crippen LogP contribution in [0.4, 0.5) is 0 Å². The van der Waals surface area contributed by atoms with E-state index in [0.29, 0.717) is 6.61 Å². The molecule has 0 saturated carbocycles. The molecule has 0 bridgehead atoms. The molecule has 0 atom stereocenters. The Morgan fingerprint density at radius 2 is 2.17 bits per heavy atom. The molecule has 0 aliphatic rings. The fourth-order valence-electron chi connectivity index (χ4n) is 0.897. The van der Waals surface area contributed by atoms with Gasteiger partial charge < -0.3 is 0 Å². The van der Waals surface area contributed by atoms with E-state index in [4.69, 9.17) is 0 Å². The van der Waals surface area contributed by atoms with Gasteiger partial charge in [0, 0.05) is 0 Å². The minimum absolute atomic E-state index is 0.262. The van der Waals surface area contributed by atoms with Crippen molar-refractivity contribution in [3.8, 4) is 0 Å². The molecule has 0 N–H and O–H groups in total. The van der Waals surface area contributed by atoms with Crippen molar-refractivity contribution in [1.29, 1.82) is 0 Å². The van der Waals surface area contributed by atoms with Gasteiger partial charge in [0.1, 0.15) is 0 Å². The molecular formula is C8H9BO3.